The van der Waals surface area contributed by atoms with Gasteiger partial charge in [-0.2, -0.15) is 0 Å². The highest BCUT2D eigenvalue weighted by atomic mass is 127. The van der Waals surface area contributed by atoms with Crippen LogP contribution in [0.25, 0.3) is 0 Å². The Bertz CT molecular complexity index is 235. The molecule has 0 saturated carbocycles. The number of rotatable bonds is 15. The summed E-state index contributed by atoms with van der Waals surface area (Å²) in [5.74, 6) is 0. The van der Waals surface area contributed by atoms with Crippen molar-refractivity contribution in [2.45, 2.75) is 109 Å². The van der Waals surface area contributed by atoms with Crippen molar-refractivity contribution < 1.29 is 9.47 Å². The quantitative estimate of drug-likeness (QED) is 0.167. The molecule has 1 heterocycles. The van der Waals surface area contributed by atoms with Gasteiger partial charge in [-0.05, 0) is 12.8 Å². The van der Waals surface area contributed by atoms with E-state index < -0.39 is 0 Å². The highest BCUT2D eigenvalue weighted by molar-refractivity contribution is 14.1. The Morgan fingerprint density at radius 2 is 1.45 bits per heavy atom. The maximum absolute atomic E-state index is 5.93. The van der Waals surface area contributed by atoms with E-state index in [9.17, 15) is 0 Å². The van der Waals surface area contributed by atoms with Crippen LogP contribution in [-0.4, -0.2) is 23.4 Å². The van der Waals surface area contributed by atoms with Crippen LogP contribution in [0.5, 0.6) is 0 Å². The van der Waals surface area contributed by atoms with Crippen LogP contribution in [-0.2, 0) is 9.47 Å². The zero-order chi connectivity index (χ0) is 15.9. The zero-order valence-corrected chi connectivity index (χ0v) is 16.8. The molecule has 22 heavy (non-hydrogen) atoms. The van der Waals surface area contributed by atoms with Crippen LogP contribution in [0, 0.1) is 0 Å². The van der Waals surface area contributed by atoms with Gasteiger partial charge >= 0.3 is 0 Å². The molecule has 1 fully saturated rings. The van der Waals surface area contributed by atoms with Gasteiger partial charge < -0.3 is 9.47 Å². The molecule has 3 heteroatoms. The van der Waals surface area contributed by atoms with Crippen molar-refractivity contribution >= 4 is 22.6 Å². The van der Waals surface area contributed by atoms with Gasteiger partial charge in [-0.1, -0.05) is 100 Å². The first-order chi connectivity index (χ1) is 10.9. The minimum atomic E-state index is 0.0903. The Morgan fingerprint density at radius 1 is 0.864 bits per heavy atom. The summed E-state index contributed by atoms with van der Waals surface area (Å²) in [6, 6.07) is 0. The summed E-state index contributed by atoms with van der Waals surface area (Å²) in [4.78, 5) is 0. The van der Waals surface area contributed by atoms with E-state index in [-0.39, 0.29) is 6.29 Å². The maximum Gasteiger partial charge on any atom is 0.158 e. The van der Waals surface area contributed by atoms with E-state index in [2.05, 4.69) is 29.5 Å². The molecule has 1 saturated heterocycles. The lowest BCUT2D eigenvalue weighted by Crippen LogP contribution is -2.15. The molecular weight excluding hydrogens is 387 g/mol. The van der Waals surface area contributed by atoms with Crippen molar-refractivity contribution in [2.75, 3.05) is 11.0 Å². The van der Waals surface area contributed by atoms with Crippen LogP contribution in [0.15, 0.2) is 0 Å². The first-order valence-corrected chi connectivity index (χ1v) is 11.2. The highest BCUT2D eigenvalue weighted by Crippen LogP contribution is 2.25. The standard InChI is InChI=1S/C19H37IO2/c1-2-3-4-5-6-7-8-9-10-11-12-13-18-14-15-19(22-18)21-17-16-20/h18-19H,2-17H2,1H3. The van der Waals surface area contributed by atoms with Crippen LogP contribution in [0.1, 0.15) is 96.8 Å². The third kappa shape index (κ3) is 11.2. The Balaban J connectivity index is 1.78. The Hall–Kier alpha value is 0.650. The average molecular weight is 424 g/mol. The monoisotopic (exact) mass is 424 g/mol. The molecule has 0 aromatic rings. The normalized spacial score (nSPS) is 21.5. The summed E-state index contributed by atoms with van der Waals surface area (Å²) in [6.45, 7) is 3.12. The number of alkyl halides is 1. The van der Waals surface area contributed by atoms with Gasteiger partial charge in [0.25, 0.3) is 0 Å². The van der Waals surface area contributed by atoms with Crippen LogP contribution < -0.4 is 0 Å². The van der Waals surface area contributed by atoms with Gasteiger partial charge in [0.1, 0.15) is 0 Å². The number of unbranched alkanes of at least 4 members (excludes halogenated alkanes) is 10. The second kappa shape index (κ2) is 15.2. The lowest BCUT2D eigenvalue weighted by atomic mass is 10.0. The molecular formula is C19H37IO2. The van der Waals surface area contributed by atoms with Crippen molar-refractivity contribution in [3.05, 3.63) is 0 Å². The smallest absolute Gasteiger partial charge is 0.158 e. The van der Waals surface area contributed by atoms with Crippen molar-refractivity contribution in [1.29, 1.82) is 0 Å². The summed E-state index contributed by atoms with van der Waals surface area (Å²) in [7, 11) is 0. The maximum atomic E-state index is 5.93. The van der Waals surface area contributed by atoms with Gasteiger partial charge in [0, 0.05) is 10.8 Å². The predicted molar refractivity (Wildman–Crippen MR) is 104 cm³/mol. The van der Waals surface area contributed by atoms with Crippen molar-refractivity contribution in [3.8, 4) is 0 Å². The molecule has 2 unspecified atom stereocenters. The van der Waals surface area contributed by atoms with Crippen molar-refractivity contribution in [2.24, 2.45) is 0 Å². The largest absolute Gasteiger partial charge is 0.352 e. The van der Waals surface area contributed by atoms with E-state index >= 15 is 0 Å². The van der Waals surface area contributed by atoms with E-state index in [0.29, 0.717) is 6.10 Å². The number of hydrogen-bond acceptors (Lipinski definition) is 2. The number of ether oxygens (including phenoxy) is 2. The van der Waals surface area contributed by atoms with Crippen molar-refractivity contribution in [1.82, 2.24) is 0 Å². The lowest BCUT2D eigenvalue weighted by molar-refractivity contribution is -0.130. The van der Waals surface area contributed by atoms with Gasteiger partial charge in [-0.25, -0.2) is 0 Å². The molecule has 0 bridgehead atoms. The second-order valence-corrected chi connectivity index (χ2v) is 7.73. The molecule has 1 aliphatic heterocycles. The topological polar surface area (TPSA) is 18.5 Å². The lowest BCUT2D eigenvalue weighted by Gasteiger charge is -2.13. The summed E-state index contributed by atoms with van der Waals surface area (Å²) in [5.41, 5.74) is 0. The Morgan fingerprint density at radius 3 is 2.05 bits per heavy atom. The van der Waals surface area contributed by atoms with Crippen LogP contribution >= 0.6 is 22.6 Å². The zero-order valence-electron chi connectivity index (χ0n) is 14.7. The van der Waals surface area contributed by atoms with E-state index in [4.69, 9.17) is 9.47 Å². The molecule has 0 spiro atoms. The molecule has 0 radical (unpaired) electrons. The molecule has 0 aromatic heterocycles. The predicted octanol–water partition coefficient (Wildman–Crippen LogP) is 6.64. The minimum Gasteiger partial charge on any atom is -0.352 e. The number of halogens is 1. The van der Waals surface area contributed by atoms with Crippen LogP contribution in [0.2, 0.25) is 0 Å². The first kappa shape index (κ1) is 20.7. The van der Waals surface area contributed by atoms with E-state index in [0.717, 1.165) is 17.5 Å². The van der Waals surface area contributed by atoms with E-state index in [1.165, 1.54) is 83.5 Å². The third-order valence-electron chi connectivity index (χ3n) is 4.58. The Labute approximate surface area is 152 Å². The van der Waals surface area contributed by atoms with Gasteiger partial charge in [-0.3, -0.25) is 0 Å². The van der Waals surface area contributed by atoms with Gasteiger partial charge in [0.2, 0.25) is 0 Å². The van der Waals surface area contributed by atoms with E-state index in [1.54, 1.807) is 0 Å². The Kier molecular flexibility index (Phi) is 14.3. The molecule has 2 nitrogen and oxygen atoms in total. The summed E-state index contributed by atoms with van der Waals surface area (Å²) >= 11 is 2.35. The SMILES string of the molecule is CCCCCCCCCCCCCC1CCC(OCCI)O1. The fourth-order valence-electron chi connectivity index (χ4n) is 3.22. The fraction of sp³-hybridized carbons (Fsp3) is 1.00. The summed E-state index contributed by atoms with van der Waals surface area (Å²) in [6.07, 6.45) is 19.7. The molecule has 2 atom stereocenters. The second-order valence-electron chi connectivity index (χ2n) is 6.65. The summed E-state index contributed by atoms with van der Waals surface area (Å²) < 4.78 is 12.6. The van der Waals surface area contributed by atoms with Gasteiger partial charge in [-0.15, -0.1) is 0 Å². The minimum absolute atomic E-state index is 0.0903. The molecule has 1 rings (SSSR count). The third-order valence-corrected chi connectivity index (χ3v) is 5.02. The van der Waals surface area contributed by atoms with Gasteiger partial charge in [0.05, 0.1) is 12.7 Å². The molecule has 0 aliphatic carbocycles. The van der Waals surface area contributed by atoms with Crippen LogP contribution in [0.3, 0.4) is 0 Å². The van der Waals surface area contributed by atoms with Gasteiger partial charge in [0.15, 0.2) is 6.29 Å². The number of hydrogen-bond donors (Lipinski definition) is 0. The highest BCUT2D eigenvalue weighted by Gasteiger charge is 2.24. The average Bonchev–Trinajstić information content (AvgIpc) is 2.98. The molecule has 0 N–H and O–H groups in total. The summed E-state index contributed by atoms with van der Waals surface area (Å²) in [5, 5.41) is 0. The molecule has 132 valence electrons. The van der Waals surface area contributed by atoms with Crippen LogP contribution in [0.4, 0.5) is 0 Å². The molecule has 1 aliphatic rings. The molecule has 0 aromatic carbocycles. The molecule has 0 amide bonds. The fourth-order valence-corrected chi connectivity index (χ4v) is 3.47. The first-order valence-electron chi connectivity index (χ1n) is 9.69. The van der Waals surface area contributed by atoms with Crippen molar-refractivity contribution in [3.63, 3.8) is 0 Å². The van der Waals surface area contributed by atoms with E-state index in [1.807, 2.05) is 0 Å².